The summed E-state index contributed by atoms with van der Waals surface area (Å²) in [6.07, 6.45) is 6.49. The molecule has 30 heavy (non-hydrogen) atoms. The molecule has 6 heteroatoms. The molecule has 0 aromatic heterocycles. The molecule has 2 fully saturated rings. The van der Waals surface area contributed by atoms with Crippen molar-refractivity contribution in [3.63, 3.8) is 0 Å². The Morgan fingerprint density at radius 2 is 1.63 bits per heavy atom. The van der Waals surface area contributed by atoms with E-state index in [1.807, 2.05) is 31.2 Å². The highest BCUT2D eigenvalue weighted by molar-refractivity contribution is 7.89. The average Bonchev–Trinajstić information content (AvgIpc) is 3.18. The lowest BCUT2D eigenvalue weighted by Gasteiger charge is -2.38. The number of benzene rings is 2. The molecule has 2 aliphatic rings. The number of nitrogens with one attached hydrogen (secondary N) is 1. The number of hydrogen-bond donors (Lipinski definition) is 1. The summed E-state index contributed by atoms with van der Waals surface area (Å²) in [5, 5.41) is 0.786. The molecule has 4 rings (SSSR count). The Hall–Kier alpha value is -1.40. The normalized spacial score (nSPS) is 23.7. The molecule has 2 aromatic rings. The van der Waals surface area contributed by atoms with E-state index in [-0.39, 0.29) is 6.04 Å². The first-order valence-electron chi connectivity index (χ1n) is 11.0. The van der Waals surface area contributed by atoms with Crippen molar-refractivity contribution in [2.24, 2.45) is 5.92 Å². The van der Waals surface area contributed by atoms with Crippen LogP contribution >= 0.6 is 11.6 Å². The molecule has 162 valence electrons. The molecular weight excluding hydrogens is 416 g/mol. The summed E-state index contributed by atoms with van der Waals surface area (Å²) in [6, 6.07) is 15.6. The lowest BCUT2D eigenvalue weighted by atomic mass is 9.89. The van der Waals surface area contributed by atoms with Gasteiger partial charge in [-0.25, -0.2) is 13.1 Å². The minimum atomic E-state index is -3.47. The zero-order valence-electron chi connectivity index (χ0n) is 17.6. The third-order valence-electron chi connectivity index (χ3n) is 6.67. The highest BCUT2D eigenvalue weighted by atomic mass is 35.5. The second-order valence-electron chi connectivity index (χ2n) is 8.85. The second-order valence-corrected chi connectivity index (χ2v) is 11.0. The Morgan fingerprint density at radius 3 is 2.30 bits per heavy atom. The predicted octanol–water partition coefficient (Wildman–Crippen LogP) is 4.80. The maximum absolute atomic E-state index is 12.9. The molecule has 2 atom stereocenters. The molecule has 0 radical (unpaired) electrons. The number of hydrogen-bond acceptors (Lipinski definition) is 3. The number of sulfonamides is 1. The van der Waals surface area contributed by atoms with Crippen LogP contribution in [-0.4, -0.2) is 38.5 Å². The summed E-state index contributed by atoms with van der Waals surface area (Å²) in [6.45, 7) is 4.06. The molecule has 1 aliphatic carbocycles. The van der Waals surface area contributed by atoms with Gasteiger partial charge in [-0.2, -0.15) is 0 Å². The predicted molar refractivity (Wildman–Crippen MR) is 122 cm³/mol. The fraction of sp³-hybridized carbons (Fsp3) is 0.500. The summed E-state index contributed by atoms with van der Waals surface area (Å²) in [7, 11) is -3.47. The van der Waals surface area contributed by atoms with E-state index in [9.17, 15) is 8.42 Å². The number of rotatable bonds is 6. The van der Waals surface area contributed by atoms with Gasteiger partial charge in [-0.15, -0.1) is 0 Å². The summed E-state index contributed by atoms with van der Waals surface area (Å²) in [5.74, 6) is 0.687. The molecule has 1 heterocycles. The van der Waals surface area contributed by atoms with Crippen LogP contribution < -0.4 is 4.72 Å². The fourth-order valence-electron chi connectivity index (χ4n) is 4.94. The van der Waals surface area contributed by atoms with Crippen molar-refractivity contribution in [3.8, 4) is 0 Å². The average molecular weight is 447 g/mol. The largest absolute Gasteiger partial charge is 0.299 e. The van der Waals surface area contributed by atoms with Gasteiger partial charge in [-0.05, 0) is 87.9 Å². The van der Waals surface area contributed by atoms with E-state index in [1.165, 1.54) is 5.56 Å². The molecule has 4 nitrogen and oxygen atoms in total. The van der Waals surface area contributed by atoms with E-state index >= 15 is 0 Å². The molecule has 0 spiro atoms. The quantitative estimate of drug-likeness (QED) is 0.693. The van der Waals surface area contributed by atoms with Gasteiger partial charge in [0.1, 0.15) is 0 Å². The van der Waals surface area contributed by atoms with Gasteiger partial charge in [0.25, 0.3) is 0 Å². The molecule has 1 saturated heterocycles. The van der Waals surface area contributed by atoms with Crippen LogP contribution in [0, 0.1) is 12.8 Å². The SMILES string of the molecule is Cc1ccc(S(=O)(=O)N[C@@H]2CCC[C@H]2N2CCC(Cc3ccc(Cl)cc3)CC2)cc1. The Balaban J connectivity index is 1.34. The molecule has 0 unspecified atom stereocenters. The van der Waals surface area contributed by atoms with Gasteiger partial charge in [0.2, 0.25) is 10.0 Å². The summed E-state index contributed by atoms with van der Waals surface area (Å²) in [5.41, 5.74) is 2.41. The monoisotopic (exact) mass is 446 g/mol. The lowest BCUT2D eigenvalue weighted by Crippen LogP contribution is -2.51. The lowest BCUT2D eigenvalue weighted by molar-refractivity contribution is 0.122. The summed E-state index contributed by atoms with van der Waals surface area (Å²) >= 11 is 6.00. The van der Waals surface area contributed by atoms with Gasteiger partial charge in [0.05, 0.1) is 4.90 Å². The smallest absolute Gasteiger partial charge is 0.240 e. The first-order valence-corrected chi connectivity index (χ1v) is 12.8. The zero-order chi connectivity index (χ0) is 21.1. The van der Waals surface area contributed by atoms with E-state index in [0.717, 1.165) is 62.2 Å². The van der Waals surface area contributed by atoms with Crippen molar-refractivity contribution in [2.45, 2.75) is 62.4 Å². The van der Waals surface area contributed by atoms with Crippen LogP contribution in [0.15, 0.2) is 53.4 Å². The topological polar surface area (TPSA) is 49.4 Å². The molecule has 2 aromatic carbocycles. The summed E-state index contributed by atoms with van der Waals surface area (Å²) in [4.78, 5) is 2.88. The van der Waals surface area contributed by atoms with Gasteiger partial charge in [0.15, 0.2) is 0 Å². The van der Waals surface area contributed by atoms with Crippen molar-refractivity contribution in [1.82, 2.24) is 9.62 Å². The van der Waals surface area contributed by atoms with Crippen molar-refractivity contribution in [3.05, 3.63) is 64.7 Å². The maximum atomic E-state index is 12.9. The van der Waals surface area contributed by atoms with Gasteiger partial charge in [0, 0.05) is 17.1 Å². The minimum absolute atomic E-state index is 0.00381. The Bertz CT molecular complexity index is 936. The Kier molecular flexibility index (Phi) is 6.83. The maximum Gasteiger partial charge on any atom is 0.240 e. The standard InChI is InChI=1S/C24H31ClN2O2S/c1-18-5-11-22(12-6-18)30(28,29)26-23-3-2-4-24(23)27-15-13-20(14-16-27)17-19-7-9-21(25)10-8-19/h5-12,20,23-24,26H,2-4,13-17H2,1H3/t23-,24-/m1/s1. The van der Waals surface area contributed by atoms with E-state index in [0.29, 0.717) is 16.9 Å². The number of piperidine rings is 1. The van der Waals surface area contributed by atoms with Crippen LogP contribution in [0.5, 0.6) is 0 Å². The zero-order valence-corrected chi connectivity index (χ0v) is 19.1. The first-order chi connectivity index (χ1) is 14.4. The van der Waals surface area contributed by atoms with Crippen LogP contribution in [0.3, 0.4) is 0 Å². The molecule has 0 amide bonds. The van der Waals surface area contributed by atoms with Crippen LogP contribution in [-0.2, 0) is 16.4 Å². The van der Waals surface area contributed by atoms with Crippen molar-refractivity contribution in [1.29, 1.82) is 0 Å². The number of likely N-dealkylation sites (tertiary alicyclic amines) is 1. The Morgan fingerprint density at radius 1 is 0.967 bits per heavy atom. The van der Waals surface area contributed by atoms with Gasteiger partial charge in [-0.1, -0.05) is 47.9 Å². The molecule has 1 saturated carbocycles. The molecule has 1 aliphatic heterocycles. The Labute approximate surface area is 185 Å². The van der Waals surface area contributed by atoms with Crippen molar-refractivity contribution < 1.29 is 8.42 Å². The van der Waals surface area contributed by atoms with Crippen LogP contribution in [0.25, 0.3) is 0 Å². The van der Waals surface area contributed by atoms with Crippen molar-refractivity contribution >= 4 is 21.6 Å². The second kappa shape index (κ2) is 9.39. The third-order valence-corrected chi connectivity index (χ3v) is 8.43. The third kappa shape index (κ3) is 5.25. The molecule has 0 bridgehead atoms. The van der Waals surface area contributed by atoms with E-state index < -0.39 is 10.0 Å². The van der Waals surface area contributed by atoms with Gasteiger partial charge >= 0.3 is 0 Å². The number of nitrogens with zero attached hydrogens (tertiary/aromatic N) is 1. The van der Waals surface area contributed by atoms with Crippen LogP contribution in [0.4, 0.5) is 0 Å². The highest BCUT2D eigenvalue weighted by Gasteiger charge is 2.36. The minimum Gasteiger partial charge on any atom is -0.299 e. The first kappa shape index (κ1) is 21.8. The van der Waals surface area contributed by atoms with E-state index in [2.05, 4.69) is 21.8 Å². The summed E-state index contributed by atoms with van der Waals surface area (Å²) < 4.78 is 28.7. The number of halogens is 1. The molecule has 1 N–H and O–H groups in total. The van der Waals surface area contributed by atoms with E-state index in [4.69, 9.17) is 11.6 Å². The fourth-order valence-corrected chi connectivity index (χ4v) is 6.37. The van der Waals surface area contributed by atoms with Crippen LogP contribution in [0.1, 0.15) is 43.2 Å². The van der Waals surface area contributed by atoms with Gasteiger partial charge in [-0.3, -0.25) is 4.90 Å². The number of aryl methyl sites for hydroxylation is 1. The van der Waals surface area contributed by atoms with E-state index in [1.54, 1.807) is 12.1 Å². The van der Waals surface area contributed by atoms with Crippen LogP contribution in [0.2, 0.25) is 5.02 Å². The van der Waals surface area contributed by atoms with Gasteiger partial charge < -0.3 is 0 Å². The highest BCUT2D eigenvalue weighted by Crippen LogP contribution is 2.30. The molecular formula is C24H31ClN2O2S. The van der Waals surface area contributed by atoms with Crippen molar-refractivity contribution in [2.75, 3.05) is 13.1 Å².